The molecule has 27 heavy (non-hydrogen) atoms. The van der Waals surface area contributed by atoms with Gasteiger partial charge in [0.15, 0.2) is 0 Å². The molecule has 2 N–H and O–H groups in total. The second-order valence-corrected chi connectivity index (χ2v) is 6.41. The van der Waals surface area contributed by atoms with E-state index >= 15 is 0 Å². The van der Waals surface area contributed by atoms with Gasteiger partial charge in [0.2, 0.25) is 5.95 Å². The maximum Gasteiger partial charge on any atom is 0.253 e. The van der Waals surface area contributed by atoms with Gasteiger partial charge in [-0.3, -0.25) is 4.79 Å². The Balaban J connectivity index is 1.44. The molecule has 1 aliphatic rings. The van der Waals surface area contributed by atoms with Crippen LogP contribution in [0.5, 0.6) is 0 Å². The van der Waals surface area contributed by atoms with Crippen molar-refractivity contribution in [1.82, 2.24) is 25.1 Å². The van der Waals surface area contributed by atoms with Crippen molar-refractivity contribution in [2.75, 3.05) is 31.1 Å². The van der Waals surface area contributed by atoms with Crippen LogP contribution in [0, 0.1) is 0 Å². The Morgan fingerprint density at radius 1 is 0.963 bits per heavy atom. The first kappa shape index (κ1) is 17.2. The van der Waals surface area contributed by atoms with Crippen LogP contribution in [0.1, 0.15) is 15.9 Å². The Morgan fingerprint density at radius 2 is 1.67 bits per heavy atom. The van der Waals surface area contributed by atoms with Crippen LogP contribution in [0.15, 0.2) is 54.6 Å². The summed E-state index contributed by atoms with van der Waals surface area (Å²) in [5.74, 6) is 0.737. The molecule has 0 aliphatic carbocycles. The Hall–Kier alpha value is -3.26. The van der Waals surface area contributed by atoms with E-state index in [1.165, 1.54) is 0 Å². The second-order valence-electron chi connectivity index (χ2n) is 6.41. The molecule has 1 saturated heterocycles. The summed E-state index contributed by atoms with van der Waals surface area (Å²) in [5, 5.41) is 12.1. The average molecular weight is 363 g/mol. The van der Waals surface area contributed by atoms with Crippen LogP contribution in [-0.2, 0) is 6.54 Å². The minimum absolute atomic E-state index is 0.0425. The first-order valence-corrected chi connectivity index (χ1v) is 8.93. The van der Waals surface area contributed by atoms with Gasteiger partial charge >= 0.3 is 0 Å². The van der Waals surface area contributed by atoms with Gasteiger partial charge in [-0.25, -0.2) is 0 Å². The summed E-state index contributed by atoms with van der Waals surface area (Å²) in [6.45, 7) is 3.08. The lowest BCUT2D eigenvalue weighted by Gasteiger charge is -2.34. The third kappa shape index (κ3) is 3.52. The third-order valence-corrected chi connectivity index (χ3v) is 4.74. The van der Waals surface area contributed by atoms with Crippen molar-refractivity contribution in [3.05, 3.63) is 65.7 Å². The van der Waals surface area contributed by atoms with Crippen molar-refractivity contribution in [1.29, 1.82) is 0 Å². The average Bonchev–Trinajstić information content (AvgIpc) is 3.24. The van der Waals surface area contributed by atoms with Crippen LogP contribution in [0.25, 0.3) is 5.69 Å². The number of anilines is 1. The number of hydrogen-bond acceptors (Lipinski definition) is 6. The zero-order chi connectivity index (χ0) is 18.6. The summed E-state index contributed by atoms with van der Waals surface area (Å²) < 4.78 is 1.73. The lowest BCUT2D eigenvalue weighted by molar-refractivity contribution is 0.0746. The molecule has 1 aliphatic heterocycles. The van der Waals surface area contributed by atoms with E-state index in [4.69, 9.17) is 5.73 Å². The molecule has 1 aromatic heterocycles. The standard InChI is InChI=1S/C19H21N7O/c20-14-15-6-8-16(9-7-15)18(27)24-10-12-25(13-11-24)19-21-22-23-26(19)17-4-2-1-3-5-17/h1-9H,10-14,20H2. The number of tetrazole rings is 1. The van der Waals surface area contributed by atoms with E-state index in [9.17, 15) is 4.79 Å². The molecule has 0 radical (unpaired) electrons. The van der Waals surface area contributed by atoms with Crippen LogP contribution >= 0.6 is 0 Å². The molecule has 3 aromatic rings. The van der Waals surface area contributed by atoms with Crippen molar-refractivity contribution in [2.24, 2.45) is 5.73 Å². The van der Waals surface area contributed by atoms with Crippen molar-refractivity contribution in [3.63, 3.8) is 0 Å². The lowest BCUT2D eigenvalue weighted by atomic mass is 10.1. The van der Waals surface area contributed by atoms with Gasteiger partial charge in [0.1, 0.15) is 0 Å². The van der Waals surface area contributed by atoms with Gasteiger partial charge in [-0.05, 0) is 40.3 Å². The summed E-state index contributed by atoms with van der Waals surface area (Å²) in [7, 11) is 0. The highest BCUT2D eigenvalue weighted by atomic mass is 16.2. The maximum absolute atomic E-state index is 12.7. The largest absolute Gasteiger partial charge is 0.336 e. The van der Waals surface area contributed by atoms with Crippen molar-refractivity contribution in [3.8, 4) is 5.69 Å². The summed E-state index contributed by atoms with van der Waals surface area (Å²) in [5.41, 5.74) is 8.24. The number of benzene rings is 2. The number of nitrogens with zero attached hydrogens (tertiary/aromatic N) is 6. The molecule has 0 unspecified atom stereocenters. The number of hydrogen-bond donors (Lipinski definition) is 1. The van der Waals surface area contributed by atoms with E-state index in [0.29, 0.717) is 44.2 Å². The third-order valence-electron chi connectivity index (χ3n) is 4.74. The van der Waals surface area contributed by atoms with E-state index in [2.05, 4.69) is 20.4 Å². The quantitative estimate of drug-likeness (QED) is 0.746. The molecule has 1 fully saturated rings. The fraction of sp³-hybridized carbons (Fsp3) is 0.263. The number of piperazine rings is 1. The van der Waals surface area contributed by atoms with Crippen LogP contribution in [-0.4, -0.2) is 57.2 Å². The zero-order valence-electron chi connectivity index (χ0n) is 14.9. The van der Waals surface area contributed by atoms with E-state index in [1.807, 2.05) is 59.5 Å². The van der Waals surface area contributed by atoms with Crippen LogP contribution in [0.4, 0.5) is 5.95 Å². The van der Waals surface area contributed by atoms with E-state index in [0.717, 1.165) is 11.3 Å². The van der Waals surface area contributed by atoms with E-state index in [-0.39, 0.29) is 5.91 Å². The van der Waals surface area contributed by atoms with E-state index < -0.39 is 0 Å². The molecule has 8 nitrogen and oxygen atoms in total. The molecule has 8 heteroatoms. The van der Waals surface area contributed by atoms with Gasteiger partial charge in [0, 0.05) is 38.3 Å². The van der Waals surface area contributed by atoms with Crippen molar-refractivity contribution >= 4 is 11.9 Å². The molecule has 0 atom stereocenters. The summed E-state index contributed by atoms with van der Waals surface area (Å²) in [4.78, 5) is 16.7. The van der Waals surface area contributed by atoms with Gasteiger partial charge in [-0.2, -0.15) is 4.68 Å². The highest BCUT2D eigenvalue weighted by Crippen LogP contribution is 2.18. The minimum atomic E-state index is 0.0425. The highest BCUT2D eigenvalue weighted by molar-refractivity contribution is 5.94. The molecule has 0 bridgehead atoms. The summed E-state index contributed by atoms with van der Waals surface area (Å²) >= 11 is 0. The fourth-order valence-electron chi connectivity index (χ4n) is 3.19. The summed E-state index contributed by atoms with van der Waals surface area (Å²) in [6.07, 6.45) is 0. The minimum Gasteiger partial charge on any atom is -0.336 e. The predicted octanol–water partition coefficient (Wildman–Crippen LogP) is 1.08. The molecule has 2 heterocycles. The molecule has 4 rings (SSSR count). The van der Waals surface area contributed by atoms with Gasteiger partial charge < -0.3 is 15.5 Å². The first-order valence-electron chi connectivity index (χ1n) is 8.93. The SMILES string of the molecule is NCc1ccc(C(=O)N2CCN(c3nnnn3-c3ccccc3)CC2)cc1. The maximum atomic E-state index is 12.7. The molecular weight excluding hydrogens is 342 g/mol. The van der Waals surface area contributed by atoms with Gasteiger partial charge in [-0.1, -0.05) is 35.4 Å². The van der Waals surface area contributed by atoms with Crippen molar-refractivity contribution in [2.45, 2.75) is 6.54 Å². The second kappa shape index (κ2) is 7.55. The molecule has 2 aromatic carbocycles. The number of amides is 1. The molecule has 0 spiro atoms. The first-order chi connectivity index (χ1) is 13.3. The van der Waals surface area contributed by atoms with Gasteiger partial charge in [-0.15, -0.1) is 0 Å². The lowest BCUT2D eigenvalue weighted by Crippen LogP contribution is -2.49. The smallest absolute Gasteiger partial charge is 0.253 e. The normalized spacial score (nSPS) is 14.4. The number of nitrogens with two attached hydrogens (primary N) is 1. The molecule has 138 valence electrons. The number of carbonyl (C=O) groups excluding carboxylic acids is 1. The predicted molar refractivity (Wildman–Crippen MR) is 102 cm³/mol. The number of para-hydroxylation sites is 1. The Kier molecular flexibility index (Phi) is 4.80. The highest BCUT2D eigenvalue weighted by Gasteiger charge is 2.25. The zero-order valence-corrected chi connectivity index (χ0v) is 14.9. The fourth-order valence-corrected chi connectivity index (χ4v) is 3.19. The summed E-state index contributed by atoms with van der Waals surface area (Å²) in [6, 6.07) is 17.3. The van der Waals surface area contributed by atoms with Crippen LogP contribution in [0.3, 0.4) is 0 Å². The van der Waals surface area contributed by atoms with E-state index in [1.54, 1.807) is 4.68 Å². The Bertz CT molecular complexity index is 899. The van der Waals surface area contributed by atoms with Crippen LogP contribution in [0.2, 0.25) is 0 Å². The van der Waals surface area contributed by atoms with Crippen LogP contribution < -0.4 is 10.6 Å². The molecule has 0 saturated carbocycles. The Morgan fingerprint density at radius 3 is 2.33 bits per heavy atom. The van der Waals surface area contributed by atoms with Gasteiger partial charge in [0.05, 0.1) is 5.69 Å². The number of rotatable bonds is 4. The molecular formula is C19H21N7O. The Labute approximate surface area is 157 Å². The van der Waals surface area contributed by atoms with Gasteiger partial charge in [0.25, 0.3) is 5.91 Å². The number of aromatic nitrogens is 4. The number of carbonyl (C=O) groups is 1. The molecule has 1 amide bonds. The van der Waals surface area contributed by atoms with Crippen molar-refractivity contribution < 1.29 is 4.79 Å². The topological polar surface area (TPSA) is 93.2 Å². The monoisotopic (exact) mass is 363 g/mol.